The number of esters is 1. The molecule has 154 valence electrons. The Morgan fingerprint density at radius 1 is 1.03 bits per heavy atom. The van der Waals surface area contributed by atoms with E-state index in [2.05, 4.69) is 0 Å². The van der Waals surface area contributed by atoms with E-state index in [0.29, 0.717) is 13.0 Å². The second-order valence-electron chi connectivity index (χ2n) is 7.14. The van der Waals surface area contributed by atoms with E-state index in [4.69, 9.17) is 4.74 Å². The summed E-state index contributed by atoms with van der Waals surface area (Å²) in [6.07, 6.45) is 0.510. The molecule has 0 bridgehead atoms. The van der Waals surface area contributed by atoms with Crippen molar-refractivity contribution < 1.29 is 22.7 Å². The topological polar surface area (TPSA) is 80.8 Å². The first-order chi connectivity index (χ1) is 13.9. The predicted octanol–water partition coefficient (Wildman–Crippen LogP) is 2.47. The number of likely N-dealkylation sites (N-methyl/N-ethyl adjacent to an activating group) is 1. The third kappa shape index (κ3) is 5.67. The van der Waals surface area contributed by atoms with Gasteiger partial charge in [0.1, 0.15) is 0 Å². The number of benzene rings is 2. The maximum atomic E-state index is 12.4. The van der Waals surface area contributed by atoms with E-state index in [-0.39, 0.29) is 36.5 Å². The van der Waals surface area contributed by atoms with Gasteiger partial charge in [0.15, 0.2) is 16.4 Å². The fourth-order valence-corrected chi connectivity index (χ4v) is 5.28. The van der Waals surface area contributed by atoms with E-state index in [0.717, 1.165) is 16.7 Å². The van der Waals surface area contributed by atoms with Gasteiger partial charge < -0.3 is 9.64 Å². The standard InChI is InChI=1S/C22H25NO5S/c1-2-23(20-12-13-29(26,27)16-20)21(24)15-28-22(25)14-17-8-10-19(11-9-17)18-6-4-3-5-7-18/h3-11,20H,2,12-16H2,1H3/t20-/m1/s1. The van der Waals surface area contributed by atoms with Gasteiger partial charge in [-0.05, 0) is 30.0 Å². The molecular weight excluding hydrogens is 390 g/mol. The van der Waals surface area contributed by atoms with Crippen LogP contribution in [-0.2, 0) is 30.6 Å². The number of ether oxygens (including phenoxy) is 1. The van der Waals surface area contributed by atoms with Gasteiger partial charge >= 0.3 is 5.97 Å². The Bertz CT molecular complexity index is 954. The molecule has 1 aliphatic heterocycles. The van der Waals surface area contributed by atoms with Crippen molar-refractivity contribution in [3.63, 3.8) is 0 Å². The smallest absolute Gasteiger partial charge is 0.310 e. The molecule has 0 aromatic heterocycles. The second-order valence-corrected chi connectivity index (χ2v) is 9.37. The lowest BCUT2D eigenvalue weighted by Crippen LogP contribution is -2.43. The Hall–Kier alpha value is -2.67. The van der Waals surface area contributed by atoms with E-state index < -0.39 is 15.8 Å². The van der Waals surface area contributed by atoms with Gasteiger partial charge in [-0.15, -0.1) is 0 Å². The van der Waals surface area contributed by atoms with Crippen LogP contribution in [-0.4, -0.2) is 55.9 Å². The Labute approximate surface area is 171 Å². The normalized spacial score (nSPS) is 17.6. The second kappa shape index (κ2) is 9.22. The molecule has 0 aliphatic carbocycles. The molecule has 1 amide bonds. The summed E-state index contributed by atoms with van der Waals surface area (Å²) in [6.45, 7) is 1.81. The van der Waals surface area contributed by atoms with E-state index in [1.54, 1.807) is 6.92 Å². The minimum atomic E-state index is -3.08. The minimum absolute atomic E-state index is 0.0196. The first kappa shape index (κ1) is 21.0. The minimum Gasteiger partial charge on any atom is -0.455 e. The van der Waals surface area contributed by atoms with Crippen molar-refractivity contribution in [1.82, 2.24) is 4.90 Å². The summed E-state index contributed by atoms with van der Waals surface area (Å²) in [7, 11) is -3.08. The van der Waals surface area contributed by atoms with Crippen molar-refractivity contribution in [1.29, 1.82) is 0 Å². The van der Waals surface area contributed by atoms with E-state index in [1.165, 1.54) is 4.90 Å². The molecule has 1 atom stereocenters. The SMILES string of the molecule is CCN(C(=O)COC(=O)Cc1ccc(-c2ccccc2)cc1)[C@@H]1CCS(=O)(=O)C1. The maximum Gasteiger partial charge on any atom is 0.310 e. The van der Waals surface area contributed by atoms with Crippen molar-refractivity contribution in [2.75, 3.05) is 24.7 Å². The van der Waals surface area contributed by atoms with Gasteiger partial charge in [0, 0.05) is 12.6 Å². The molecule has 1 heterocycles. The number of nitrogens with zero attached hydrogens (tertiary/aromatic N) is 1. The van der Waals surface area contributed by atoms with Crippen LogP contribution in [0.1, 0.15) is 18.9 Å². The first-order valence-electron chi connectivity index (χ1n) is 9.68. The fourth-order valence-electron chi connectivity index (χ4n) is 3.55. The number of rotatable bonds is 7. The van der Waals surface area contributed by atoms with Crippen LogP contribution < -0.4 is 0 Å². The van der Waals surface area contributed by atoms with Gasteiger partial charge in [-0.3, -0.25) is 9.59 Å². The Morgan fingerprint density at radius 3 is 2.28 bits per heavy atom. The number of hydrogen-bond acceptors (Lipinski definition) is 5. The summed E-state index contributed by atoms with van der Waals surface area (Å²) in [5, 5.41) is 0. The van der Waals surface area contributed by atoms with Gasteiger partial charge in [0.25, 0.3) is 5.91 Å². The summed E-state index contributed by atoms with van der Waals surface area (Å²) in [6, 6.07) is 17.2. The summed E-state index contributed by atoms with van der Waals surface area (Å²) in [4.78, 5) is 26.0. The van der Waals surface area contributed by atoms with Gasteiger partial charge in [0.05, 0.1) is 17.9 Å². The highest BCUT2D eigenvalue weighted by molar-refractivity contribution is 7.91. The van der Waals surface area contributed by atoms with Crippen LogP contribution in [0.5, 0.6) is 0 Å². The van der Waals surface area contributed by atoms with E-state index in [9.17, 15) is 18.0 Å². The van der Waals surface area contributed by atoms with E-state index >= 15 is 0 Å². The Kier molecular flexibility index (Phi) is 6.69. The van der Waals surface area contributed by atoms with Gasteiger partial charge in [-0.2, -0.15) is 0 Å². The largest absolute Gasteiger partial charge is 0.455 e. The summed E-state index contributed by atoms with van der Waals surface area (Å²) in [5.41, 5.74) is 2.96. The lowest BCUT2D eigenvalue weighted by atomic mass is 10.0. The van der Waals surface area contributed by atoms with Crippen molar-refractivity contribution in [3.05, 3.63) is 60.2 Å². The molecular formula is C22H25NO5S. The zero-order chi connectivity index (χ0) is 20.9. The van der Waals surface area contributed by atoms with Crippen molar-refractivity contribution >= 4 is 21.7 Å². The van der Waals surface area contributed by atoms with Crippen LogP contribution in [0, 0.1) is 0 Å². The molecule has 2 aromatic carbocycles. The number of carbonyl (C=O) groups is 2. The van der Waals surface area contributed by atoms with E-state index in [1.807, 2.05) is 54.6 Å². The highest BCUT2D eigenvalue weighted by Gasteiger charge is 2.34. The molecule has 0 radical (unpaired) electrons. The Morgan fingerprint density at radius 2 is 1.69 bits per heavy atom. The van der Waals surface area contributed by atoms with Crippen LogP contribution >= 0.6 is 0 Å². The summed E-state index contributed by atoms with van der Waals surface area (Å²) < 4.78 is 28.4. The lowest BCUT2D eigenvalue weighted by molar-refractivity contribution is -0.152. The molecule has 0 unspecified atom stereocenters. The molecule has 6 nitrogen and oxygen atoms in total. The molecule has 2 aromatic rings. The highest BCUT2D eigenvalue weighted by Crippen LogP contribution is 2.20. The molecule has 1 fully saturated rings. The van der Waals surface area contributed by atoms with Gasteiger partial charge in [-0.1, -0.05) is 54.6 Å². The number of amides is 1. The first-order valence-corrected chi connectivity index (χ1v) is 11.5. The molecule has 29 heavy (non-hydrogen) atoms. The predicted molar refractivity (Wildman–Crippen MR) is 111 cm³/mol. The van der Waals surface area contributed by atoms with Gasteiger partial charge in [-0.25, -0.2) is 8.42 Å². The van der Waals surface area contributed by atoms with Gasteiger partial charge in [0.2, 0.25) is 0 Å². The Balaban J connectivity index is 1.51. The summed E-state index contributed by atoms with van der Waals surface area (Å²) in [5.74, 6) is -0.766. The average Bonchev–Trinajstić information content (AvgIpc) is 3.07. The molecule has 1 saturated heterocycles. The quantitative estimate of drug-likeness (QED) is 0.649. The van der Waals surface area contributed by atoms with Crippen molar-refractivity contribution in [3.8, 4) is 11.1 Å². The zero-order valence-corrected chi connectivity index (χ0v) is 17.2. The third-order valence-electron chi connectivity index (χ3n) is 5.08. The van der Waals surface area contributed by atoms with Crippen molar-refractivity contribution in [2.24, 2.45) is 0 Å². The highest BCUT2D eigenvalue weighted by atomic mass is 32.2. The zero-order valence-electron chi connectivity index (χ0n) is 16.4. The number of carbonyl (C=O) groups excluding carboxylic acids is 2. The average molecular weight is 416 g/mol. The number of sulfone groups is 1. The van der Waals surface area contributed by atoms with Crippen LogP contribution in [0.2, 0.25) is 0 Å². The third-order valence-corrected chi connectivity index (χ3v) is 6.83. The molecule has 1 aliphatic rings. The van der Waals surface area contributed by atoms with Crippen LogP contribution in [0.25, 0.3) is 11.1 Å². The molecule has 0 N–H and O–H groups in total. The fraction of sp³-hybridized carbons (Fsp3) is 0.364. The van der Waals surface area contributed by atoms with Crippen LogP contribution in [0.15, 0.2) is 54.6 Å². The maximum absolute atomic E-state index is 12.4. The van der Waals surface area contributed by atoms with Crippen LogP contribution in [0.3, 0.4) is 0 Å². The monoisotopic (exact) mass is 415 g/mol. The molecule has 0 spiro atoms. The number of hydrogen-bond donors (Lipinski definition) is 0. The van der Waals surface area contributed by atoms with Crippen LogP contribution in [0.4, 0.5) is 0 Å². The molecule has 7 heteroatoms. The molecule has 0 saturated carbocycles. The van der Waals surface area contributed by atoms with Crippen molar-refractivity contribution in [2.45, 2.75) is 25.8 Å². The molecule has 3 rings (SSSR count). The summed E-state index contributed by atoms with van der Waals surface area (Å²) >= 11 is 0. The lowest BCUT2D eigenvalue weighted by Gasteiger charge is -2.26.